The second-order valence-electron chi connectivity index (χ2n) is 6.13. The first-order chi connectivity index (χ1) is 15.1. The second kappa shape index (κ2) is 10.7. The third-order valence-electron chi connectivity index (χ3n) is 3.95. The van der Waals surface area contributed by atoms with Crippen molar-refractivity contribution in [3.05, 3.63) is 94.0 Å². The van der Waals surface area contributed by atoms with E-state index in [9.17, 15) is 9.59 Å². The first-order valence-electron chi connectivity index (χ1n) is 9.07. The Morgan fingerprint density at radius 2 is 1.74 bits per heavy atom. The zero-order valence-corrected chi connectivity index (χ0v) is 17.7. The van der Waals surface area contributed by atoms with Crippen LogP contribution in [-0.4, -0.2) is 24.7 Å². The molecule has 0 fully saturated rings. The number of para-hydroxylation sites is 1. The van der Waals surface area contributed by atoms with Gasteiger partial charge in [-0.15, -0.1) is 0 Å². The number of amides is 1. The van der Waals surface area contributed by atoms with Crippen LogP contribution in [0.2, 0.25) is 0 Å². The van der Waals surface area contributed by atoms with E-state index in [4.69, 9.17) is 14.7 Å². The molecular formula is C23H16BrN3O4. The van der Waals surface area contributed by atoms with E-state index < -0.39 is 11.9 Å². The molecule has 0 saturated carbocycles. The van der Waals surface area contributed by atoms with Crippen molar-refractivity contribution in [1.29, 1.82) is 5.26 Å². The van der Waals surface area contributed by atoms with Crippen LogP contribution in [0.5, 0.6) is 11.5 Å². The molecule has 0 saturated heterocycles. The minimum Gasteiger partial charge on any atom is -0.482 e. The van der Waals surface area contributed by atoms with Gasteiger partial charge in [0, 0.05) is 4.47 Å². The van der Waals surface area contributed by atoms with Gasteiger partial charge < -0.3 is 9.47 Å². The summed E-state index contributed by atoms with van der Waals surface area (Å²) in [4.78, 5) is 24.1. The molecule has 1 amide bonds. The van der Waals surface area contributed by atoms with Gasteiger partial charge in [-0.2, -0.15) is 10.4 Å². The Bertz CT molecular complexity index is 1150. The normalized spacial score (nSPS) is 10.3. The van der Waals surface area contributed by atoms with E-state index in [0.717, 1.165) is 0 Å². The lowest BCUT2D eigenvalue weighted by Crippen LogP contribution is -2.24. The molecule has 3 aromatic rings. The number of nitrogens with zero attached hydrogens (tertiary/aromatic N) is 2. The van der Waals surface area contributed by atoms with Crippen LogP contribution in [0, 0.1) is 11.3 Å². The van der Waals surface area contributed by atoms with Crippen LogP contribution in [-0.2, 0) is 4.79 Å². The summed E-state index contributed by atoms with van der Waals surface area (Å²) in [5.41, 5.74) is 3.81. The van der Waals surface area contributed by atoms with E-state index in [1.807, 2.05) is 12.1 Å². The molecule has 0 spiro atoms. The number of benzene rings is 3. The predicted octanol–water partition coefficient (Wildman–Crippen LogP) is 4.07. The molecule has 3 rings (SSSR count). The first-order valence-corrected chi connectivity index (χ1v) is 9.86. The first kappa shape index (κ1) is 21.7. The quantitative estimate of drug-likeness (QED) is 0.239. The van der Waals surface area contributed by atoms with Crippen molar-refractivity contribution in [3.8, 4) is 17.6 Å². The van der Waals surface area contributed by atoms with Crippen LogP contribution < -0.4 is 14.9 Å². The Labute approximate surface area is 187 Å². The van der Waals surface area contributed by atoms with Gasteiger partial charge in [-0.3, -0.25) is 4.79 Å². The molecule has 154 valence electrons. The topological polar surface area (TPSA) is 101 Å². The van der Waals surface area contributed by atoms with Gasteiger partial charge >= 0.3 is 5.97 Å². The van der Waals surface area contributed by atoms with Crippen LogP contribution in [0.25, 0.3) is 0 Å². The molecule has 0 radical (unpaired) electrons. The van der Waals surface area contributed by atoms with E-state index in [1.165, 1.54) is 6.21 Å². The highest BCUT2D eigenvalue weighted by atomic mass is 79.9. The number of esters is 1. The molecule has 0 aliphatic rings. The maximum absolute atomic E-state index is 12.2. The molecule has 0 heterocycles. The van der Waals surface area contributed by atoms with Gasteiger partial charge in [-0.25, -0.2) is 10.2 Å². The Kier molecular flexibility index (Phi) is 7.51. The SMILES string of the molecule is N#Cc1ccccc1OCC(=O)N/N=C/c1ccc(OC(=O)c2ccccc2Br)cc1. The number of rotatable bonds is 7. The van der Waals surface area contributed by atoms with Gasteiger partial charge in [0.05, 0.1) is 17.3 Å². The van der Waals surface area contributed by atoms with Crippen molar-refractivity contribution < 1.29 is 19.1 Å². The fourth-order valence-electron chi connectivity index (χ4n) is 2.45. The maximum atomic E-state index is 12.2. The van der Waals surface area contributed by atoms with E-state index in [0.29, 0.717) is 32.7 Å². The van der Waals surface area contributed by atoms with Crippen molar-refractivity contribution in [2.24, 2.45) is 5.10 Å². The summed E-state index contributed by atoms with van der Waals surface area (Å²) in [6, 6.07) is 22.3. The molecule has 0 aliphatic heterocycles. The molecule has 7 nitrogen and oxygen atoms in total. The number of hydrogen-bond donors (Lipinski definition) is 1. The smallest absolute Gasteiger partial charge is 0.344 e. The molecule has 3 aromatic carbocycles. The Morgan fingerprint density at radius 3 is 2.48 bits per heavy atom. The monoisotopic (exact) mass is 477 g/mol. The molecule has 0 bridgehead atoms. The molecular weight excluding hydrogens is 462 g/mol. The van der Waals surface area contributed by atoms with Crippen molar-refractivity contribution in [1.82, 2.24) is 5.43 Å². The van der Waals surface area contributed by atoms with Crippen LogP contribution in [0.4, 0.5) is 0 Å². The number of ether oxygens (including phenoxy) is 2. The summed E-state index contributed by atoms with van der Waals surface area (Å²) < 4.78 is 11.3. The molecule has 0 aliphatic carbocycles. The van der Waals surface area contributed by atoms with Crippen molar-refractivity contribution in [2.75, 3.05) is 6.61 Å². The molecule has 1 N–H and O–H groups in total. The van der Waals surface area contributed by atoms with Crippen LogP contribution in [0.3, 0.4) is 0 Å². The zero-order chi connectivity index (χ0) is 22.1. The lowest BCUT2D eigenvalue weighted by molar-refractivity contribution is -0.123. The molecule has 0 aromatic heterocycles. The largest absolute Gasteiger partial charge is 0.482 e. The van der Waals surface area contributed by atoms with Gasteiger partial charge in [-0.05, 0) is 70.0 Å². The molecule has 0 atom stereocenters. The fourth-order valence-corrected chi connectivity index (χ4v) is 2.90. The van der Waals surface area contributed by atoms with Crippen molar-refractivity contribution in [2.45, 2.75) is 0 Å². The highest BCUT2D eigenvalue weighted by molar-refractivity contribution is 9.10. The van der Waals surface area contributed by atoms with Gasteiger partial charge in [0.1, 0.15) is 17.6 Å². The second-order valence-corrected chi connectivity index (χ2v) is 6.98. The van der Waals surface area contributed by atoms with Crippen LogP contribution >= 0.6 is 15.9 Å². The predicted molar refractivity (Wildman–Crippen MR) is 118 cm³/mol. The van der Waals surface area contributed by atoms with E-state index in [1.54, 1.807) is 66.7 Å². The fraction of sp³-hybridized carbons (Fsp3) is 0.0435. The number of nitriles is 1. The summed E-state index contributed by atoms with van der Waals surface area (Å²) >= 11 is 3.32. The summed E-state index contributed by atoms with van der Waals surface area (Å²) in [7, 11) is 0. The average Bonchev–Trinajstić information content (AvgIpc) is 2.79. The minimum absolute atomic E-state index is 0.278. The summed E-state index contributed by atoms with van der Waals surface area (Å²) in [6.45, 7) is -0.278. The van der Waals surface area contributed by atoms with Crippen LogP contribution in [0.15, 0.2) is 82.4 Å². The number of hydrazone groups is 1. The Morgan fingerprint density at radius 1 is 1.03 bits per heavy atom. The Hall–Kier alpha value is -3.96. The highest BCUT2D eigenvalue weighted by Gasteiger charge is 2.11. The summed E-state index contributed by atoms with van der Waals surface area (Å²) in [5.74, 6) is -0.231. The van der Waals surface area contributed by atoms with Gasteiger partial charge in [0.2, 0.25) is 0 Å². The van der Waals surface area contributed by atoms with E-state index in [-0.39, 0.29) is 6.61 Å². The highest BCUT2D eigenvalue weighted by Crippen LogP contribution is 2.19. The van der Waals surface area contributed by atoms with Crippen LogP contribution in [0.1, 0.15) is 21.5 Å². The standard InChI is InChI=1S/C23H16BrN3O4/c24-20-7-3-2-6-19(20)23(29)31-18-11-9-16(10-12-18)14-26-27-22(28)15-30-21-8-4-1-5-17(21)13-25/h1-12,14H,15H2,(H,27,28)/b26-14+. The number of carbonyl (C=O) groups excluding carboxylic acids is 2. The average molecular weight is 478 g/mol. The van der Waals surface area contributed by atoms with E-state index >= 15 is 0 Å². The van der Waals surface area contributed by atoms with Crippen molar-refractivity contribution in [3.63, 3.8) is 0 Å². The minimum atomic E-state index is -0.473. The number of carbonyl (C=O) groups is 2. The number of halogens is 1. The lowest BCUT2D eigenvalue weighted by atomic mass is 10.2. The summed E-state index contributed by atoms with van der Waals surface area (Å²) in [6.07, 6.45) is 1.44. The Balaban J connectivity index is 1.49. The maximum Gasteiger partial charge on any atom is 0.344 e. The lowest BCUT2D eigenvalue weighted by Gasteiger charge is -2.06. The third-order valence-corrected chi connectivity index (χ3v) is 4.65. The van der Waals surface area contributed by atoms with Gasteiger partial charge in [-0.1, -0.05) is 24.3 Å². The number of nitrogens with one attached hydrogen (secondary N) is 1. The molecule has 8 heteroatoms. The molecule has 31 heavy (non-hydrogen) atoms. The molecule has 0 unspecified atom stereocenters. The third kappa shape index (κ3) is 6.26. The van der Waals surface area contributed by atoms with Crippen molar-refractivity contribution >= 4 is 34.0 Å². The van der Waals surface area contributed by atoms with Gasteiger partial charge in [0.25, 0.3) is 5.91 Å². The van der Waals surface area contributed by atoms with Gasteiger partial charge in [0.15, 0.2) is 6.61 Å². The zero-order valence-electron chi connectivity index (χ0n) is 16.1. The summed E-state index contributed by atoms with van der Waals surface area (Å²) in [5, 5.41) is 12.9. The van der Waals surface area contributed by atoms with E-state index in [2.05, 4.69) is 26.5 Å². The number of hydrogen-bond acceptors (Lipinski definition) is 6.